The summed E-state index contributed by atoms with van der Waals surface area (Å²) in [4.78, 5) is 14.7. The first-order valence-electron chi connectivity index (χ1n) is 6.20. The molecular formula is C14H11N3O4. The number of fused-ring (bicyclic) bond motifs is 1. The average Bonchev–Trinajstić information content (AvgIpc) is 2.95. The molecule has 0 aliphatic heterocycles. The van der Waals surface area contributed by atoms with Gasteiger partial charge in [0.05, 0.1) is 11.1 Å². The molecule has 7 heteroatoms. The number of para-hydroxylation sites is 1. The van der Waals surface area contributed by atoms with Crippen molar-refractivity contribution in [2.75, 3.05) is 6.61 Å². The van der Waals surface area contributed by atoms with Crippen molar-refractivity contribution in [1.29, 1.82) is 0 Å². The van der Waals surface area contributed by atoms with Gasteiger partial charge < -0.3 is 14.3 Å². The highest BCUT2D eigenvalue weighted by Crippen LogP contribution is 2.25. The fraction of sp³-hybridized carbons (Fsp3) is 0.143. The third kappa shape index (κ3) is 2.87. The topological polar surface area (TPSA) is 98.3 Å². The van der Waals surface area contributed by atoms with Crippen LogP contribution in [0.1, 0.15) is 5.89 Å². The molecule has 0 radical (unpaired) electrons. The second-order valence-corrected chi connectivity index (χ2v) is 4.27. The number of rotatable bonds is 5. The summed E-state index contributed by atoms with van der Waals surface area (Å²) >= 11 is 0. The molecular weight excluding hydrogens is 274 g/mol. The number of benzene rings is 1. The molecule has 7 nitrogen and oxygen atoms in total. The van der Waals surface area contributed by atoms with Gasteiger partial charge in [0.25, 0.3) is 0 Å². The number of carbonyl (C=O) groups is 1. The Balaban J connectivity index is 1.86. The molecule has 106 valence electrons. The smallest absolute Gasteiger partial charge is 0.329 e. The number of nitrogens with zero attached hydrogens (tertiary/aromatic N) is 3. The zero-order valence-corrected chi connectivity index (χ0v) is 10.9. The van der Waals surface area contributed by atoms with Gasteiger partial charge in [-0.05, 0) is 12.1 Å². The van der Waals surface area contributed by atoms with Crippen LogP contribution >= 0.6 is 0 Å². The number of aliphatic carboxylic acids is 1. The third-order valence-corrected chi connectivity index (χ3v) is 2.78. The van der Waals surface area contributed by atoms with Crippen LogP contribution < -0.4 is 0 Å². The molecule has 2 heterocycles. The van der Waals surface area contributed by atoms with E-state index in [-0.39, 0.29) is 12.5 Å². The van der Waals surface area contributed by atoms with Gasteiger partial charge in [0.2, 0.25) is 11.8 Å². The van der Waals surface area contributed by atoms with Gasteiger partial charge in [0.15, 0.2) is 0 Å². The predicted molar refractivity (Wildman–Crippen MR) is 72.3 cm³/mol. The Morgan fingerprint density at radius 2 is 2.10 bits per heavy atom. The molecule has 0 spiro atoms. The molecule has 0 bridgehead atoms. The summed E-state index contributed by atoms with van der Waals surface area (Å²) in [5.74, 6) is -0.500. The van der Waals surface area contributed by atoms with Crippen LogP contribution in [0.15, 0.2) is 40.9 Å². The van der Waals surface area contributed by atoms with Crippen LogP contribution in [0.2, 0.25) is 0 Å². The maximum atomic E-state index is 10.4. The van der Waals surface area contributed by atoms with Crippen LogP contribution in [0.4, 0.5) is 0 Å². The minimum absolute atomic E-state index is 0.0442. The first-order valence-corrected chi connectivity index (χ1v) is 6.20. The minimum atomic E-state index is -1.05. The second-order valence-electron chi connectivity index (χ2n) is 4.27. The number of carboxylic acid groups (broad SMARTS) is 1. The Morgan fingerprint density at radius 1 is 1.24 bits per heavy atom. The van der Waals surface area contributed by atoms with E-state index in [9.17, 15) is 4.79 Å². The molecule has 0 saturated heterocycles. The summed E-state index contributed by atoms with van der Waals surface area (Å²) < 4.78 is 10.4. The summed E-state index contributed by atoms with van der Waals surface area (Å²) in [5, 5.41) is 17.2. The first kappa shape index (κ1) is 13.2. The van der Waals surface area contributed by atoms with Gasteiger partial charge in [-0.2, -0.15) is 0 Å². The Kier molecular flexibility index (Phi) is 3.57. The normalized spacial score (nSPS) is 10.9. The Morgan fingerprint density at radius 3 is 2.95 bits per heavy atom. The van der Waals surface area contributed by atoms with Crippen LogP contribution in [0.5, 0.6) is 0 Å². The lowest BCUT2D eigenvalue weighted by atomic mass is 10.1. The van der Waals surface area contributed by atoms with Gasteiger partial charge in [0, 0.05) is 11.6 Å². The summed E-state index contributed by atoms with van der Waals surface area (Å²) in [5.41, 5.74) is 1.49. The fourth-order valence-electron chi connectivity index (χ4n) is 1.92. The van der Waals surface area contributed by atoms with E-state index in [1.54, 1.807) is 6.20 Å². The molecule has 0 saturated carbocycles. The standard InChI is InChI=1S/C14H11N3O4/c18-12(19)8-20-7-11-16-17-14(21-11)10-5-1-3-9-4-2-6-15-13(9)10/h1-6H,7-8H2,(H,18,19). The number of aromatic nitrogens is 3. The van der Waals surface area contributed by atoms with E-state index in [1.807, 2.05) is 30.3 Å². The second kappa shape index (κ2) is 5.68. The number of pyridine rings is 1. The van der Waals surface area contributed by atoms with Crippen LogP contribution in [0.3, 0.4) is 0 Å². The van der Waals surface area contributed by atoms with Crippen LogP contribution in [0, 0.1) is 0 Å². The highest BCUT2D eigenvalue weighted by atomic mass is 16.5. The van der Waals surface area contributed by atoms with Crippen molar-refractivity contribution in [2.24, 2.45) is 0 Å². The van der Waals surface area contributed by atoms with E-state index in [4.69, 9.17) is 14.3 Å². The highest BCUT2D eigenvalue weighted by molar-refractivity contribution is 5.91. The lowest BCUT2D eigenvalue weighted by molar-refractivity contribution is -0.142. The van der Waals surface area contributed by atoms with Gasteiger partial charge in [-0.1, -0.05) is 18.2 Å². The van der Waals surface area contributed by atoms with Crippen LogP contribution in [0.25, 0.3) is 22.4 Å². The maximum absolute atomic E-state index is 10.4. The van der Waals surface area contributed by atoms with E-state index in [0.29, 0.717) is 5.89 Å². The van der Waals surface area contributed by atoms with Crippen molar-refractivity contribution in [3.8, 4) is 11.5 Å². The lowest BCUT2D eigenvalue weighted by Gasteiger charge is -2.00. The van der Waals surface area contributed by atoms with E-state index >= 15 is 0 Å². The van der Waals surface area contributed by atoms with Crippen LogP contribution in [-0.2, 0) is 16.1 Å². The molecule has 1 aromatic carbocycles. The van der Waals surface area contributed by atoms with Gasteiger partial charge in [-0.25, -0.2) is 4.79 Å². The zero-order valence-electron chi connectivity index (χ0n) is 10.9. The fourth-order valence-corrected chi connectivity index (χ4v) is 1.92. The molecule has 0 fully saturated rings. The summed E-state index contributed by atoms with van der Waals surface area (Å²) in [7, 11) is 0. The Hall–Kier alpha value is -2.80. The minimum Gasteiger partial charge on any atom is -0.480 e. The largest absolute Gasteiger partial charge is 0.480 e. The van der Waals surface area contributed by atoms with Crippen molar-refractivity contribution in [3.63, 3.8) is 0 Å². The van der Waals surface area contributed by atoms with Crippen molar-refractivity contribution in [3.05, 3.63) is 42.4 Å². The molecule has 0 amide bonds. The SMILES string of the molecule is O=C(O)COCc1nnc(-c2cccc3cccnc23)o1. The number of ether oxygens (including phenoxy) is 1. The zero-order chi connectivity index (χ0) is 14.7. The van der Waals surface area contributed by atoms with Gasteiger partial charge in [-0.15, -0.1) is 10.2 Å². The van der Waals surface area contributed by atoms with E-state index in [2.05, 4.69) is 15.2 Å². The first-order chi connectivity index (χ1) is 10.2. The molecule has 21 heavy (non-hydrogen) atoms. The summed E-state index contributed by atoms with van der Waals surface area (Å²) in [6.07, 6.45) is 1.69. The molecule has 0 unspecified atom stereocenters. The van der Waals surface area contributed by atoms with Crippen molar-refractivity contribution in [1.82, 2.24) is 15.2 Å². The quantitative estimate of drug-likeness (QED) is 0.764. The van der Waals surface area contributed by atoms with Crippen LogP contribution in [-0.4, -0.2) is 32.9 Å². The molecule has 1 N–H and O–H groups in total. The molecule has 3 aromatic rings. The van der Waals surface area contributed by atoms with E-state index in [1.165, 1.54) is 0 Å². The average molecular weight is 285 g/mol. The van der Waals surface area contributed by atoms with E-state index in [0.717, 1.165) is 16.5 Å². The van der Waals surface area contributed by atoms with Crippen molar-refractivity contribution >= 4 is 16.9 Å². The molecule has 0 aliphatic carbocycles. The van der Waals surface area contributed by atoms with Gasteiger partial charge in [-0.3, -0.25) is 4.98 Å². The molecule has 0 atom stereocenters. The maximum Gasteiger partial charge on any atom is 0.329 e. The summed E-state index contributed by atoms with van der Waals surface area (Å²) in [6.45, 7) is -0.453. The Labute approximate surface area is 119 Å². The molecule has 3 rings (SSSR count). The third-order valence-electron chi connectivity index (χ3n) is 2.78. The number of carboxylic acids is 1. The monoisotopic (exact) mass is 285 g/mol. The lowest BCUT2D eigenvalue weighted by Crippen LogP contribution is -2.06. The van der Waals surface area contributed by atoms with Gasteiger partial charge in [0.1, 0.15) is 13.2 Å². The van der Waals surface area contributed by atoms with Gasteiger partial charge >= 0.3 is 5.97 Å². The highest BCUT2D eigenvalue weighted by Gasteiger charge is 2.12. The van der Waals surface area contributed by atoms with Crippen molar-refractivity contribution < 1.29 is 19.1 Å². The van der Waals surface area contributed by atoms with Crippen molar-refractivity contribution in [2.45, 2.75) is 6.61 Å². The molecule has 0 aliphatic rings. The Bertz CT molecular complexity index is 779. The predicted octanol–water partition coefficient (Wildman–Crippen LogP) is 1.89. The molecule has 2 aromatic heterocycles. The van der Waals surface area contributed by atoms with E-state index < -0.39 is 12.6 Å². The summed E-state index contributed by atoms with van der Waals surface area (Å²) in [6, 6.07) is 9.46. The number of hydrogen-bond donors (Lipinski definition) is 1. The number of hydrogen-bond acceptors (Lipinski definition) is 6.